The smallest absolute Gasteiger partial charge is 0.133 e. The Kier molecular flexibility index (Phi) is 15.2. The Morgan fingerprint density at radius 3 is 1.58 bits per heavy atom. The van der Waals surface area contributed by atoms with Gasteiger partial charge >= 0.3 is 0 Å². The lowest BCUT2D eigenvalue weighted by molar-refractivity contribution is -0.465. The van der Waals surface area contributed by atoms with E-state index < -0.39 is 0 Å². The van der Waals surface area contributed by atoms with Crippen LogP contribution in [0, 0.1) is 0 Å². The molecular weight excluding hydrogens is 240 g/mol. The Hall–Kier alpha value is -1.48. The summed E-state index contributed by atoms with van der Waals surface area (Å²) in [7, 11) is 0. The fraction of sp³-hybridized carbons (Fsp3) is 0.500. The van der Waals surface area contributed by atoms with Crippen molar-refractivity contribution in [2.75, 3.05) is 0 Å². The van der Waals surface area contributed by atoms with Gasteiger partial charge in [-0.2, -0.15) is 0 Å². The fourth-order valence-electron chi connectivity index (χ4n) is 1.22. The van der Waals surface area contributed by atoms with Gasteiger partial charge in [0.15, 0.2) is 0 Å². The zero-order valence-corrected chi connectivity index (χ0v) is 12.1. The van der Waals surface area contributed by atoms with Crippen LogP contribution in [0.3, 0.4) is 0 Å². The summed E-state index contributed by atoms with van der Waals surface area (Å²) < 4.78 is 0. The summed E-state index contributed by atoms with van der Waals surface area (Å²) in [5.74, 6) is 0. The third-order valence-corrected chi connectivity index (χ3v) is 2.29. The summed E-state index contributed by atoms with van der Waals surface area (Å²) in [5.41, 5.74) is 0. The highest BCUT2D eigenvalue weighted by Crippen LogP contribution is 1.96. The van der Waals surface area contributed by atoms with Crippen molar-refractivity contribution in [3.05, 3.63) is 49.0 Å². The average molecular weight is 266 g/mol. The summed E-state index contributed by atoms with van der Waals surface area (Å²) in [6, 6.07) is 0. The lowest BCUT2D eigenvalue weighted by atomic mass is 10.2. The van der Waals surface area contributed by atoms with Crippen molar-refractivity contribution in [2.45, 2.75) is 52.4 Å². The Morgan fingerprint density at radius 1 is 0.684 bits per heavy atom. The molecule has 0 amide bonds. The van der Waals surface area contributed by atoms with Crippen molar-refractivity contribution < 1.29 is 14.8 Å². The molecule has 3 nitrogen and oxygen atoms in total. The maximum atomic E-state index is 4.66. The molecule has 0 aliphatic heterocycles. The Labute approximate surface area is 117 Å². The lowest BCUT2D eigenvalue weighted by Crippen LogP contribution is -1.83. The Bertz CT molecular complexity index is 250. The minimum atomic E-state index is 1.09. The molecule has 0 aliphatic carbocycles. The third kappa shape index (κ3) is 16.5. The first-order chi connectivity index (χ1) is 9.41. The van der Waals surface area contributed by atoms with Gasteiger partial charge in [0.2, 0.25) is 0 Å². The fourth-order valence-corrected chi connectivity index (χ4v) is 1.22. The van der Waals surface area contributed by atoms with Crippen LogP contribution in [0.4, 0.5) is 0 Å². The first kappa shape index (κ1) is 17.5. The minimum absolute atomic E-state index is 1.09. The Morgan fingerprint density at radius 2 is 1.16 bits per heavy atom. The summed E-state index contributed by atoms with van der Waals surface area (Å²) in [6.07, 6.45) is 21.4. The quantitative estimate of drug-likeness (QED) is 0.156. The highest BCUT2D eigenvalue weighted by Gasteiger charge is 1.79. The molecule has 0 radical (unpaired) electrons. The molecule has 0 heterocycles. The van der Waals surface area contributed by atoms with Gasteiger partial charge in [0.1, 0.15) is 12.5 Å². The number of hydrogen-bond donors (Lipinski definition) is 0. The molecule has 0 aliphatic rings. The van der Waals surface area contributed by atoms with Gasteiger partial charge in [0, 0.05) is 5.04 Å². The van der Waals surface area contributed by atoms with E-state index in [1.807, 2.05) is 12.2 Å². The highest BCUT2D eigenvalue weighted by molar-refractivity contribution is 4.99. The van der Waals surface area contributed by atoms with E-state index in [0.29, 0.717) is 0 Å². The van der Waals surface area contributed by atoms with Crippen LogP contribution in [-0.4, -0.2) is 0 Å². The van der Waals surface area contributed by atoms with E-state index >= 15 is 0 Å². The standard InChI is InChI=1S/C16H26O3/c1-3-5-7-9-11-13-15-17-19-18-16-14-12-10-8-6-4-2/h9-16H,3-8H2,1-2H3/b11-9+,12-10+,15-13+,16-14+. The van der Waals surface area contributed by atoms with E-state index in [0.717, 1.165) is 12.8 Å². The predicted molar refractivity (Wildman–Crippen MR) is 78.9 cm³/mol. The first-order valence-electron chi connectivity index (χ1n) is 7.04. The topological polar surface area (TPSA) is 27.7 Å². The van der Waals surface area contributed by atoms with E-state index in [-0.39, 0.29) is 0 Å². The molecule has 0 saturated carbocycles. The molecule has 0 aromatic rings. The lowest BCUT2D eigenvalue weighted by Gasteiger charge is -1.93. The van der Waals surface area contributed by atoms with Crippen molar-refractivity contribution >= 4 is 0 Å². The van der Waals surface area contributed by atoms with Gasteiger partial charge in [-0.25, -0.2) is 0 Å². The van der Waals surface area contributed by atoms with E-state index in [1.165, 1.54) is 38.2 Å². The molecule has 0 spiro atoms. The van der Waals surface area contributed by atoms with Crippen LogP contribution < -0.4 is 0 Å². The molecule has 3 heteroatoms. The Balaban J connectivity index is 3.34. The molecule has 0 saturated heterocycles. The second-order valence-electron chi connectivity index (χ2n) is 4.06. The maximum Gasteiger partial charge on any atom is 0.133 e. The third-order valence-electron chi connectivity index (χ3n) is 2.29. The van der Waals surface area contributed by atoms with Crippen LogP contribution in [0.2, 0.25) is 0 Å². The maximum absolute atomic E-state index is 4.66. The molecule has 108 valence electrons. The number of rotatable bonds is 12. The highest BCUT2D eigenvalue weighted by atomic mass is 17.5. The molecule has 0 aromatic carbocycles. The van der Waals surface area contributed by atoms with E-state index in [9.17, 15) is 0 Å². The number of unbranched alkanes of at least 4 members (excludes halogenated alkanes) is 4. The van der Waals surface area contributed by atoms with Gasteiger partial charge in [-0.1, -0.05) is 63.8 Å². The summed E-state index contributed by atoms with van der Waals surface area (Å²) in [6.45, 7) is 4.34. The molecule has 0 rings (SSSR count). The first-order valence-corrected chi connectivity index (χ1v) is 7.04. The second kappa shape index (κ2) is 16.5. The molecule has 19 heavy (non-hydrogen) atoms. The van der Waals surface area contributed by atoms with Crippen molar-refractivity contribution in [3.63, 3.8) is 0 Å². The van der Waals surface area contributed by atoms with Crippen LogP contribution in [-0.2, 0) is 14.8 Å². The number of hydrogen-bond acceptors (Lipinski definition) is 3. The average Bonchev–Trinajstić information content (AvgIpc) is 2.43. The van der Waals surface area contributed by atoms with Crippen molar-refractivity contribution in [1.82, 2.24) is 0 Å². The van der Waals surface area contributed by atoms with Gasteiger partial charge in [-0.3, -0.25) is 0 Å². The van der Waals surface area contributed by atoms with Gasteiger partial charge in [-0.15, -0.1) is 0 Å². The van der Waals surface area contributed by atoms with Gasteiger partial charge in [-0.05, 0) is 25.0 Å². The van der Waals surface area contributed by atoms with E-state index in [1.54, 1.807) is 12.2 Å². The molecule has 0 bridgehead atoms. The van der Waals surface area contributed by atoms with Crippen molar-refractivity contribution in [1.29, 1.82) is 0 Å². The molecule has 0 unspecified atom stereocenters. The van der Waals surface area contributed by atoms with Crippen molar-refractivity contribution in [2.24, 2.45) is 0 Å². The largest absolute Gasteiger partial charge is 0.307 e. The molecule has 0 N–H and O–H groups in total. The summed E-state index contributed by atoms with van der Waals surface area (Å²) in [4.78, 5) is 9.31. The second-order valence-corrected chi connectivity index (χ2v) is 4.06. The van der Waals surface area contributed by atoms with Crippen molar-refractivity contribution in [3.8, 4) is 0 Å². The zero-order valence-electron chi connectivity index (χ0n) is 12.1. The van der Waals surface area contributed by atoms with Gasteiger partial charge < -0.3 is 9.78 Å². The number of allylic oxidation sites excluding steroid dienone is 6. The normalized spacial score (nSPS) is 12.3. The van der Waals surface area contributed by atoms with E-state index in [2.05, 4.69) is 40.8 Å². The van der Waals surface area contributed by atoms with Crippen LogP contribution in [0.5, 0.6) is 0 Å². The van der Waals surface area contributed by atoms with Crippen LogP contribution >= 0.6 is 0 Å². The SMILES string of the molecule is CCCC/C=C/C=C/OOO/C=C/C=C/CCCC. The molecule has 0 fully saturated rings. The zero-order chi connectivity index (χ0) is 14.0. The van der Waals surface area contributed by atoms with Gasteiger partial charge in [0.25, 0.3) is 0 Å². The molecular formula is C16H26O3. The van der Waals surface area contributed by atoms with Gasteiger partial charge in [0.05, 0.1) is 0 Å². The molecule has 0 atom stereocenters. The van der Waals surface area contributed by atoms with E-state index in [4.69, 9.17) is 0 Å². The van der Waals surface area contributed by atoms with Crippen LogP contribution in [0.15, 0.2) is 49.0 Å². The molecule has 0 aromatic heterocycles. The summed E-state index contributed by atoms with van der Waals surface area (Å²) >= 11 is 0. The monoisotopic (exact) mass is 266 g/mol. The summed E-state index contributed by atoms with van der Waals surface area (Å²) in [5, 5.41) is 4.45. The predicted octanol–water partition coefficient (Wildman–Crippen LogP) is 5.39. The van der Waals surface area contributed by atoms with Crippen LogP contribution in [0.25, 0.3) is 0 Å². The van der Waals surface area contributed by atoms with Crippen LogP contribution in [0.1, 0.15) is 52.4 Å². The minimum Gasteiger partial charge on any atom is -0.307 e.